The fourth-order valence-electron chi connectivity index (χ4n) is 0.848. The summed E-state index contributed by atoms with van der Waals surface area (Å²) in [7, 11) is 0. The second-order valence-corrected chi connectivity index (χ2v) is 2.84. The van der Waals surface area contributed by atoms with Gasteiger partial charge in [0, 0.05) is 6.20 Å². The molecule has 2 atom stereocenters. The van der Waals surface area contributed by atoms with Crippen LogP contribution in [0, 0.1) is 0 Å². The van der Waals surface area contributed by atoms with E-state index in [-0.39, 0.29) is 5.75 Å². The van der Waals surface area contributed by atoms with E-state index < -0.39 is 24.1 Å². The van der Waals surface area contributed by atoms with Crippen molar-refractivity contribution in [3.8, 4) is 5.75 Å². The van der Waals surface area contributed by atoms with Gasteiger partial charge in [-0.15, -0.1) is 0 Å². The molecule has 0 radical (unpaired) electrons. The number of carbonyl (C=O) groups excluding carboxylic acids is 1. The van der Waals surface area contributed by atoms with Crippen molar-refractivity contribution in [2.75, 3.05) is 0 Å². The lowest BCUT2D eigenvalue weighted by Crippen LogP contribution is -2.41. The third kappa shape index (κ3) is 3.01. The molecule has 0 aliphatic rings. The molecule has 0 amide bonds. The Morgan fingerprint density at radius 2 is 2.00 bits per heavy atom. The molecule has 1 aromatic heterocycles. The number of rotatable bonds is 4. The minimum Gasteiger partial charge on any atom is -0.479 e. The molecule has 0 aliphatic carbocycles. The lowest BCUT2D eigenvalue weighted by Gasteiger charge is -2.12. The molecular formula is C9H9NO6. The van der Waals surface area contributed by atoms with E-state index in [2.05, 4.69) is 9.72 Å². The zero-order valence-electron chi connectivity index (χ0n) is 7.98. The normalized spacial score (nSPS) is 13.9. The van der Waals surface area contributed by atoms with Crippen LogP contribution in [-0.4, -0.2) is 44.5 Å². The zero-order valence-corrected chi connectivity index (χ0v) is 7.98. The van der Waals surface area contributed by atoms with E-state index in [1.807, 2.05) is 0 Å². The molecule has 0 fully saturated rings. The van der Waals surface area contributed by atoms with Gasteiger partial charge in [-0.2, -0.15) is 0 Å². The summed E-state index contributed by atoms with van der Waals surface area (Å²) in [5, 5.41) is 26.3. The van der Waals surface area contributed by atoms with E-state index in [4.69, 9.17) is 15.3 Å². The number of aliphatic carboxylic acids is 1. The van der Waals surface area contributed by atoms with Crippen molar-refractivity contribution >= 4 is 11.9 Å². The predicted octanol–water partition coefficient (Wildman–Crippen LogP) is -1.21. The van der Waals surface area contributed by atoms with Gasteiger partial charge in [0.15, 0.2) is 12.2 Å². The molecule has 0 spiro atoms. The number of aliphatic hydroxyl groups excluding tert-OH is 2. The van der Waals surface area contributed by atoms with Gasteiger partial charge >= 0.3 is 11.9 Å². The quantitative estimate of drug-likeness (QED) is 0.552. The van der Waals surface area contributed by atoms with Crippen LogP contribution in [0.25, 0.3) is 0 Å². The fraction of sp³-hybridized carbons (Fsp3) is 0.222. The minimum absolute atomic E-state index is 0.0455. The van der Waals surface area contributed by atoms with Crippen molar-refractivity contribution in [2.24, 2.45) is 0 Å². The van der Waals surface area contributed by atoms with Gasteiger partial charge < -0.3 is 20.1 Å². The number of hydrogen-bond acceptors (Lipinski definition) is 6. The fourth-order valence-corrected chi connectivity index (χ4v) is 0.848. The molecule has 16 heavy (non-hydrogen) atoms. The molecule has 86 valence electrons. The van der Waals surface area contributed by atoms with E-state index >= 15 is 0 Å². The molecule has 0 aromatic carbocycles. The Hall–Kier alpha value is -1.99. The van der Waals surface area contributed by atoms with Gasteiger partial charge in [-0.1, -0.05) is 0 Å². The standard InChI is InChI=1S/C9H9NO6/c11-6(8(13)14)7(12)9(15)16-5-2-1-3-10-4-5/h1-4,6-7,11-12H,(H,13,14)/t6-,7+/m0/s1. The highest BCUT2D eigenvalue weighted by Gasteiger charge is 2.31. The van der Waals surface area contributed by atoms with Gasteiger partial charge in [0.05, 0.1) is 6.20 Å². The van der Waals surface area contributed by atoms with Crippen LogP contribution in [0.2, 0.25) is 0 Å². The van der Waals surface area contributed by atoms with Crippen molar-refractivity contribution in [3.63, 3.8) is 0 Å². The first kappa shape index (κ1) is 12.1. The summed E-state index contributed by atoms with van der Waals surface area (Å²) in [6, 6.07) is 2.88. The average Bonchev–Trinajstić information content (AvgIpc) is 2.28. The highest BCUT2D eigenvalue weighted by Crippen LogP contribution is 2.08. The van der Waals surface area contributed by atoms with Gasteiger partial charge in [0.2, 0.25) is 0 Å². The van der Waals surface area contributed by atoms with Crippen LogP contribution in [0.1, 0.15) is 0 Å². The van der Waals surface area contributed by atoms with Gasteiger partial charge in [-0.25, -0.2) is 9.59 Å². The number of carboxylic acid groups (broad SMARTS) is 1. The smallest absolute Gasteiger partial charge is 0.343 e. The molecule has 7 heteroatoms. The second kappa shape index (κ2) is 5.19. The molecule has 0 unspecified atom stereocenters. The topological polar surface area (TPSA) is 117 Å². The predicted molar refractivity (Wildman–Crippen MR) is 49.5 cm³/mol. The number of aromatic nitrogens is 1. The molecule has 0 saturated carbocycles. The first-order valence-corrected chi connectivity index (χ1v) is 4.23. The van der Waals surface area contributed by atoms with Crippen LogP contribution in [0.15, 0.2) is 24.5 Å². The number of carboxylic acids is 1. The first-order chi connectivity index (χ1) is 7.52. The molecule has 1 aromatic rings. The van der Waals surface area contributed by atoms with Crippen molar-refractivity contribution in [1.29, 1.82) is 0 Å². The van der Waals surface area contributed by atoms with Crippen LogP contribution in [-0.2, 0) is 9.59 Å². The van der Waals surface area contributed by atoms with Crippen LogP contribution in [0.4, 0.5) is 0 Å². The van der Waals surface area contributed by atoms with Gasteiger partial charge in [-0.3, -0.25) is 4.98 Å². The van der Waals surface area contributed by atoms with E-state index in [0.29, 0.717) is 0 Å². The minimum atomic E-state index is -2.22. The summed E-state index contributed by atoms with van der Waals surface area (Å²) < 4.78 is 4.57. The van der Waals surface area contributed by atoms with E-state index in [9.17, 15) is 9.59 Å². The highest BCUT2D eigenvalue weighted by molar-refractivity contribution is 5.85. The Labute approximate surface area is 89.9 Å². The van der Waals surface area contributed by atoms with Crippen LogP contribution < -0.4 is 4.74 Å². The summed E-state index contributed by atoms with van der Waals surface area (Å²) in [4.78, 5) is 25.0. The van der Waals surface area contributed by atoms with E-state index in [1.165, 1.54) is 24.5 Å². The number of nitrogens with zero attached hydrogens (tertiary/aromatic N) is 1. The summed E-state index contributed by atoms with van der Waals surface area (Å²) >= 11 is 0. The van der Waals surface area contributed by atoms with Crippen LogP contribution >= 0.6 is 0 Å². The third-order valence-electron chi connectivity index (χ3n) is 1.65. The van der Waals surface area contributed by atoms with Crippen LogP contribution in [0.5, 0.6) is 5.75 Å². The Balaban J connectivity index is 2.63. The summed E-state index contributed by atoms with van der Waals surface area (Å²) in [6.07, 6.45) is -1.71. The van der Waals surface area contributed by atoms with Crippen molar-refractivity contribution in [1.82, 2.24) is 4.98 Å². The monoisotopic (exact) mass is 227 g/mol. The lowest BCUT2D eigenvalue weighted by molar-refractivity contribution is -0.164. The number of hydrogen-bond donors (Lipinski definition) is 3. The molecular weight excluding hydrogens is 218 g/mol. The van der Waals surface area contributed by atoms with Crippen LogP contribution in [0.3, 0.4) is 0 Å². The first-order valence-electron chi connectivity index (χ1n) is 4.23. The number of aliphatic hydroxyl groups is 2. The van der Waals surface area contributed by atoms with Crippen molar-refractivity contribution in [3.05, 3.63) is 24.5 Å². The number of carbonyl (C=O) groups is 2. The molecule has 0 saturated heterocycles. The molecule has 0 aliphatic heterocycles. The summed E-state index contributed by atoms with van der Waals surface area (Å²) in [6.45, 7) is 0. The molecule has 1 rings (SSSR count). The third-order valence-corrected chi connectivity index (χ3v) is 1.65. The van der Waals surface area contributed by atoms with Gasteiger partial charge in [0.1, 0.15) is 5.75 Å². The van der Waals surface area contributed by atoms with Gasteiger partial charge in [0.25, 0.3) is 0 Å². The summed E-state index contributed by atoms with van der Waals surface area (Å²) in [5.74, 6) is -2.93. The maximum atomic E-state index is 11.1. The lowest BCUT2D eigenvalue weighted by atomic mass is 10.2. The zero-order chi connectivity index (χ0) is 12.1. The largest absolute Gasteiger partial charge is 0.479 e. The van der Waals surface area contributed by atoms with Crippen molar-refractivity contribution < 1.29 is 29.6 Å². The Morgan fingerprint density at radius 3 is 2.50 bits per heavy atom. The Bertz CT molecular complexity index is 379. The molecule has 0 bridgehead atoms. The SMILES string of the molecule is O=C(O)[C@@H](O)[C@@H](O)C(=O)Oc1cccnc1. The maximum Gasteiger partial charge on any atom is 0.343 e. The van der Waals surface area contributed by atoms with E-state index in [0.717, 1.165) is 0 Å². The second-order valence-electron chi connectivity index (χ2n) is 2.84. The van der Waals surface area contributed by atoms with Gasteiger partial charge in [-0.05, 0) is 12.1 Å². The molecule has 1 heterocycles. The van der Waals surface area contributed by atoms with E-state index in [1.54, 1.807) is 0 Å². The highest BCUT2D eigenvalue weighted by atomic mass is 16.6. The number of esters is 1. The molecule has 3 N–H and O–H groups in total. The Kier molecular flexibility index (Phi) is 3.92. The number of pyridine rings is 1. The maximum absolute atomic E-state index is 11.1. The Morgan fingerprint density at radius 1 is 1.31 bits per heavy atom. The molecule has 7 nitrogen and oxygen atoms in total. The average molecular weight is 227 g/mol. The van der Waals surface area contributed by atoms with Crippen molar-refractivity contribution in [2.45, 2.75) is 12.2 Å². The number of ether oxygens (including phenoxy) is 1. The summed E-state index contributed by atoms with van der Waals surface area (Å²) in [5.41, 5.74) is 0.